The monoisotopic (exact) mass is 889 g/mol. The van der Waals surface area contributed by atoms with Gasteiger partial charge >= 0.3 is 17.9 Å². The van der Waals surface area contributed by atoms with Crippen LogP contribution in [0.5, 0.6) is 0 Å². The second kappa shape index (κ2) is 52.0. The molecule has 6 heteroatoms. The first-order valence-corrected chi connectivity index (χ1v) is 26.3. The number of unbranched alkanes of at least 4 members (excludes halogenated alkanes) is 25. The molecule has 0 heterocycles. The lowest BCUT2D eigenvalue weighted by atomic mass is 10.0. The minimum atomic E-state index is -0.810. The van der Waals surface area contributed by atoms with Crippen molar-refractivity contribution >= 4 is 17.9 Å². The maximum absolute atomic E-state index is 12.8. The smallest absolute Gasteiger partial charge is 0.306 e. The molecule has 0 saturated carbocycles. The van der Waals surface area contributed by atoms with E-state index in [1.807, 2.05) is 60.8 Å². The van der Waals surface area contributed by atoms with Gasteiger partial charge < -0.3 is 14.2 Å². The molecule has 0 aromatic rings. The van der Waals surface area contributed by atoms with E-state index in [1.54, 1.807) is 0 Å². The molecular formula is C58H96O6. The molecular weight excluding hydrogens is 793 g/mol. The summed E-state index contributed by atoms with van der Waals surface area (Å²) in [7, 11) is 0. The zero-order valence-corrected chi connectivity index (χ0v) is 41.5. The Morgan fingerprint density at radius 1 is 0.328 bits per heavy atom. The maximum Gasteiger partial charge on any atom is 0.306 e. The first-order chi connectivity index (χ1) is 31.5. The number of carbonyl (C=O) groups excluding carboxylic acids is 3. The molecule has 0 aromatic carbocycles. The minimum absolute atomic E-state index is 0.104. The molecule has 1 atom stereocenters. The van der Waals surface area contributed by atoms with Gasteiger partial charge in [-0.25, -0.2) is 0 Å². The van der Waals surface area contributed by atoms with Crippen LogP contribution < -0.4 is 0 Å². The fourth-order valence-electron chi connectivity index (χ4n) is 7.04. The van der Waals surface area contributed by atoms with E-state index in [2.05, 4.69) is 57.2 Å². The Labute approximate surface area is 394 Å². The van der Waals surface area contributed by atoms with Gasteiger partial charge in [0.15, 0.2) is 6.10 Å². The Kier molecular flexibility index (Phi) is 49.0. The molecule has 0 amide bonds. The molecule has 0 aromatic heterocycles. The minimum Gasteiger partial charge on any atom is -0.462 e. The molecule has 0 bridgehead atoms. The molecule has 0 radical (unpaired) electrons. The molecule has 0 aliphatic carbocycles. The average Bonchev–Trinajstić information content (AvgIpc) is 3.29. The van der Waals surface area contributed by atoms with Crippen LogP contribution in [0.1, 0.15) is 233 Å². The summed E-state index contributed by atoms with van der Waals surface area (Å²) in [5, 5.41) is 0. The van der Waals surface area contributed by atoms with E-state index in [9.17, 15) is 14.4 Å². The predicted octanol–water partition coefficient (Wildman–Crippen LogP) is 17.4. The van der Waals surface area contributed by atoms with E-state index < -0.39 is 6.10 Å². The highest BCUT2D eigenvalue weighted by Crippen LogP contribution is 2.15. The molecule has 0 saturated heterocycles. The maximum atomic E-state index is 12.8. The molecule has 0 spiro atoms. The van der Waals surface area contributed by atoms with Gasteiger partial charge in [-0.05, 0) is 57.8 Å². The number of allylic oxidation sites excluding steroid dienone is 16. The molecule has 0 aliphatic rings. The summed E-state index contributed by atoms with van der Waals surface area (Å²) in [4.78, 5) is 38.0. The molecule has 0 aliphatic heterocycles. The van der Waals surface area contributed by atoms with Crippen LogP contribution in [0, 0.1) is 0 Å². The number of esters is 3. The van der Waals surface area contributed by atoms with Crippen molar-refractivity contribution in [3.63, 3.8) is 0 Å². The van der Waals surface area contributed by atoms with Crippen LogP contribution in [0.25, 0.3) is 0 Å². The third-order valence-corrected chi connectivity index (χ3v) is 11.0. The Balaban J connectivity index is 4.46. The van der Waals surface area contributed by atoms with Crippen molar-refractivity contribution in [2.75, 3.05) is 13.2 Å². The fourth-order valence-corrected chi connectivity index (χ4v) is 7.04. The lowest BCUT2D eigenvalue weighted by Crippen LogP contribution is -2.30. The molecule has 1 unspecified atom stereocenters. The number of hydrogen-bond acceptors (Lipinski definition) is 6. The highest BCUT2D eigenvalue weighted by Gasteiger charge is 2.19. The summed E-state index contributed by atoms with van der Waals surface area (Å²) in [6, 6.07) is 0. The van der Waals surface area contributed by atoms with Gasteiger partial charge in [-0.15, -0.1) is 0 Å². The summed E-state index contributed by atoms with van der Waals surface area (Å²) in [5.74, 6) is -0.977. The first-order valence-electron chi connectivity index (χ1n) is 26.3. The molecule has 64 heavy (non-hydrogen) atoms. The van der Waals surface area contributed by atoms with Gasteiger partial charge in [-0.2, -0.15) is 0 Å². The van der Waals surface area contributed by atoms with Crippen LogP contribution in [-0.2, 0) is 28.6 Å². The summed E-state index contributed by atoms with van der Waals surface area (Å²) < 4.78 is 16.7. The van der Waals surface area contributed by atoms with Crippen molar-refractivity contribution in [3.05, 3.63) is 97.2 Å². The molecule has 0 rings (SSSR count). The van der Waals surface area contributed by atoms with Crippen molar-refractivity contribution in [1.82, 2.24) is 0 Å². The average molecular weight is 889 g/mol. The third kappa shape index (κ3) is 49.3. The molecule has 0 N–H and O–H groups in total. The fraction of sp³-hybridized carbons (Fsp3) is 0.672. The predicted molar refractivity (Wildman–Crippen MR) is 274 cm³/mol. The number of ether oxygens (including phenoxy) is 3. The first kappa shape index (κ1) is 60.3. The normalized spacial score (nSPS) is 12.9. The van der Waals surface area contributed by atoms with Crippen LogP contribution in [0.3, 0.4) is 0 Å². The summed E-state index contributed by atoms with van der Waals surface area (Å²) >= 11 is 0. The van der Waals surface area contributed by atoms with Crippen molar-refractivity contribution in [1.29, 1.82) is 0 Å². The summed E-state index contributed by atoms with van der Waals surface area (Å²) in [6.07, 6.45) is 68.2. The quantitative estimate of drug-likeness (QED) is 0.0262. The van der Waals surface area contributed by atoms with Gasteiger partial charge in [-0.3, -0.25) is 14.4 Å². The van der Waals surface area contributed by atoms with Crippen LogP contribution in [-0.4, -0.2) is 37.2 Å². The second-order valence-electron chi connectivity index (χ2n) is 17.2. The largest absolute Gasteiger partial charge is 0.462 e. The zero-order valence-electron chi connectivity index (χ0n) is 41.5. The van der Waals surface area contributed by atoms with Crippen molar-refractivity contribution in [3.8, 4) is 0 Å². The SMILES string of the molecule is CC\C=C/C=C\C=C/C=C\C=C\C=C/CCCCCC(=O)OC(COC(=O)CCCCC/C=C\C=C/CCCC)COC(=O)CCCCCCCCCCCCCCCCCCCC. The van der Waals surface area contributed by atoms with Gasteiger partial charge in [0.2, 0.25) is 0 Å². The van der Waals surface area contributed by atoms with E-state index in [1.165, 1.54) is 109 Å². The molecule has 0 fully saturated rings. The van der Waals surface area contributed by atoms with E-state index in [0.717, 1.165) is 77.0 Å². The third-order valence-electron chi connectivity index (χ3n) is 11.0. The Hall–Kier alpha value is -3.67. The topological polar surface area (TPSA) is 78.9 Å². The zero-order chi connectivity index (χ0) is 46.5. The van der Waals surface area contributed by atoms with Gasteiger partial charge in [0.25, 0.3) is 0 Å². The van der Waals surface area contributed by atoms with Gasteiger partial charge in [0.05, 0.1) is 0 Å². The van der Waals surface area contributed by atoms with Crippen LogP contribution in [0.4, 0.5) is 0 Å². The van der Waals surface area contributed by atoms with Gasteiger partial charge in [0, 0.05) is 19.3 Å². The lowest BCUT2D eigenvalue weighted by molar-refractivity contribution is -0.167. The van der Waals surface area contributed by atoms with Crippen molar-refractivity contribution in [2.45, 2.75) is 239 Å². The van der Waals surface area contributed by atoms with Gasteiger partial charge in [-0.1, -0.05) is 253 Å². The summed E-state index contributed by atoms with van der Waals surface area (Å²) in [6.45, 7) is 6.38. The van der Waals surface area contributed by atoms with Gasteiger partial charge in [0.1, 0.15) is 13.2 Å². The standard InChI is InChI=1S/C58H96O6/c1-4-7-10-13-16-19-22-24-26-28-30-31-33-36-39-42-45-48-51-57(60)63-54-55(53-62-56(59)50-47-44-41-38-35-21-18-15-12-9-6-3)64-58(61)52-49-46-43-40-37-34-32-29-27-25-23-20-17-14-11-8-5-2/h8,11,14-15,17-18,20-21,23,25,27,29,32,34-35,37,55H,4-7,9-10,12-13,16,19,22,24,26,28,30-31,33,36,38-54H2,1-3H3/b11-8-,17-14-,18-15-,23-20-,27-25-,32-29+,35-21-,37-34-. The van der Waals surface area contributed by atoms with Crippen molar-refractivity contribution < 1.29 is 28.6 Å². The van der Waals surface area contributed by atoms with Crippen LogP contribution in [0.2, 0.25) is 0 Å². The lowest BCUT2D eigenvalue weighted by Gasteiger charge is -2.18. The van der Waals surface area contributed by atoms with E-state index in [0.29, 0.717) is 19.3 Å². The van der Waals surface area contributed by atoms with Crippen LogP contribution in [0.15, 0.2) is 97.2 Å². The van der Waals surface area contributed by atoms with Crippen molar-refractivity contribution in [2.24, 2.45) is 0 Å². The van der Waals surface area contributed by atoms with E-state index in [-0.39, 0.29) is 37.5 Å². The number of carbonyl (C=O) groups is 3. The Morgan fingerprint density at radius 3 is 1.02 bits per heavy atom. The molecule has 364 valence electrons. The summed E-state index contributed by atoms with van der Waals surface area (Å²) in [5.41, 5.74) is 0. The Morgan fingerprint density at radius 2 is 0.625 bits per heavy atom. The highest BCUT2D eigenvalue weighted by atomic mass is 16.6. The second-order valence-corrected chi connectivity index (χ2v) is 17.2. The van der Waals surface area contributed by atoms with Crippen LogP contribution >= 0.6 is 0 Å². The number of hydrogen-bond donors (Lipinski definition) is 0. The highest BCUT2D eigenvalue weighted by molar-refractivity contribution is 5.71. The van der Waals surface area contributed by atoms with E-state index in [4.69, 9.17) is 14.2 Å². The molecule has 6 nitrogen and oxygen atoms in total. The van der Waals surface area contributed by atoms with E-state index >= 15 is 0 Å². The number of rotatable bonds is 46. The Bertz CT molecular complexity index is 1300.